The Kier molecular flexibility index (Phi) is 3.71. The first-order chi connectivity index (χ1) is 8.45. The molecule has 1 saturated heterocycles. The van der Waals surface area contributed by atoms with Gasteiger partial charge in [-0.25, -0.2) is 0 Å². The van der Waals surface area contributed by atoms with Gasteiger partial charge in [0.1, 0.15) is 5.78 Å². The first-order valence-electron chi connectivity index (χ1n) is 5.86. The molecule has 0 radical (unpaired) electrons. The summed E-state index contributed by atoms with van der Waals surface area (Å²) in [5.41, 5.74) is 0.175. The predicted molar refractivity (Wildman–Crippen MR) is 61.2 cm³/mol. The largest absolute Gasteiger partial charge is 0.416 e. The maximum atomic E-state index is 12.4. The summed E-state index contributed by atoms with van der Waals surface area (Å²) in [6.07, 6.45) is -2.70. The van der Waals surface area contributed by atoms with E-state index in [9.17, 15) is 18.0 Å². The number of halogens is 3. The van der Waals surface area contributed by atoms with Gasteiger partial charge in [0.2, 0.25) is 0 Å². The molecule has 5 heteroatoms. The van der Waals surface area contributed by atoms with E-state index in [1.54, 1.807) is 0 Å². The summed E-state index contributed by atoms with van der Waals surface area (Å²) in [5.74, 6) is 0.214. The van der Waals surface area contributed by atoms with Crippen molar-refractivity contribution in [3.05, 3.63) is 35.4 Å². The molecule has 1 aliphatic heterocycles. The third-order valence-electron chi connectivity index (χ3n) is 3.07. The lowest BCUT2D eigenvalue weighted by Crippen LogP contribution is -2.39. The second-order valence-corrected chi connectivity index (χ2v) is 4.54. The van der Waals surface area contributed by atoms with Crippen LogP contribution in [0, 0.1) is 0 Å². The summed E-state index contributed by atoms with van der Waals surface area (Å²) in [4.78, 5) is 11.3. The molecule has 18 heavy (non-hydrogen) atoms. The van der Waals surface area contributed by atoms with Crippen LogP contribution in [-0.4, -0.2) is 18.4 Å². The Morgan fingerprint density at radius 3 is 2.44 bits per heavy atom. The summed E-state index contributed by atoms with van der Waals surface area (Å²) in [6.45, 7) is 0.657. The van der Waals surface area contributed by atoms with Gasteiger partial charge in [0.25, 0.3) is 0 Å². The van der Waals surface area contributed by atoms with E-state index in [2.05, 4.69) is 5.32 Å². The molecule has 1 unspecified atom stereocenters. The average molecular weight is 257 g/mol. The highest BCUT2D eigenvalue weighted by Gasteiger charge is 2.30. The molecule has 2 rings (SSSR count). The van der Waals surface area contributed by atoms with Gasteiger partial charge in [0.05, 0.1) is 5.56 Å². The summed E-state index contributed by atoms with van der Waals surface area (Å²) >= 11 is 0. The van der Waals surface area contributed by atoms with Crippen molar-refractivity contribution >= 4 is 5.78 Å². The van der Waals surface area contributed by atoms with Crippen LogP contribution >= 0.6 is 0 Å². The van der Waals surface area contributed by atoms with Crippen LogP contribution in [0.25, 0.3) is 0 Å². The zero-order chi connectivity index (χ0) is 13.2. The fraction of sp³-hybridized carbons (Fsp3) is 0.462. The smallest absolute Gasteiger partial charge is 0.313 e. The van der Waals surface area contributed by atoms with Gasteiger partial charge in [-0.3, -0.25) is 4.79 Å². The number of benzene rings is 1. The van der Waals surface area contributed by atoms with Gasteiger partial charge in [-0.15, -0.1) is 0 Å². The lowest BCUT2D eigenvalue weighted by atomic mass is 9.96. The Balaban J connectivity index is 2.00. The molecule has 1 aromatic rings. The number of nitrogens with one attached hydrogen (secondary N) is 1. The minimum absolute atomic E-state index is 0.0444. The lowest BCUT2D eigenvalue weighted by Gasteiger charge is -2.22. The summed E-state index contributed by atoms with van der Waals surface area (Å²) in [7, 11) is 0. The molecular formula is C13H14F3NO. The summed E-state index contributed by atoms with van der Waals surface area (Å²) in [5, 5.41) is 3.20. The third-order valence-corrected chi connectivity index (χ3v) is 3.07. The molecule has 1 atom stereocenters. The van der Waals surface area contributed by atoms with Gasteiger partial charge in [-0.1, -0.05) is 12.1 Å². The highest BCUT2D eigenvalue weighted by Crippen LogP contribution is 2.29. The Labute approximate surface area is 103 Å². The number of Topliss-reactive ketones (excluding diaryl/α,β-unsaturated/α-hetero) is 1. The van der Waals surface area contributed by atoms with Crippen molar-refractivity contribution in [1.82, 2.24) is 5.32 Å². The molecule has 0 saturated carbocycles. The van der Waals surface area contributed by atoms with Crippen molar-refractivity contribution in [2.45, 2.75) is 31.5 Å². The van der Waals surface area contributed by atoms with Crippen LogP contribution in [0.4, 0.5) is 13.2 Å². The van der Waals surface area contributed by atoms with Crippen LogP contribution in [0.15, 0.2) is 24.3 Å². The van der Waals surface area contributed by atoms with E-state index in [0.29, 0.717) is 25.8 Å². The molecule has 0 spiro atoms. The lowest BCUT2D eigenvalue weighted by molar-refractivity contribution is -0.137. The molecule has 2 nitrogen and oxygen atoms in total. The van der Waals surface area contributed by atoms with Gasteiger partial charge in [0.15, 0.2) is 0 Å². The Morgan fingerprint density at radius 1 is 1.22 bits per heavy atom. The van der Waals surface area contributed by atoms with Gasteiger partial charge in [-0.05, 0) is 24.1 Å². The van der Waals surface area contributed by atoms with Crippen LogP contribution in [-0.2, 0) is 17.4 Å². The van der Waals surface area contributed by atoms with E-state index in [1.807, 2.05) is 0 Å². The zero-order valence-corrected chi connectivity index (χ0v) is 9.76. The monoisotopic (exact) mass is 257 g/mol. The van der Waals surface area contributed by atoms with Crippen molar-refractivity contribution in [2.75, 3.05) is 6.54 Å². The minimum atomic E-state index is -4.29. The second-order valence-electron chi connectivity index (χ2n) is 4.54. The van der Waals surface area contributed by atoms with E-state index >= 15 is 0 Å². The van der Waals surface area contributed by atoms with Crippen molar-refractivity contribution in [1.29, 1.82) is 0 Å². The second kappa shape index (κ2) is 5.10. The van der Waals surface area contributed by atoms with E-state index in [4.69, 9.17) is 0 Å². The number of hydrogen-bond donors (Lipinski definition) is 1. The van der Waals surface area contributed by atoms with Crippen molar-refractivity contribution in [3.8, 4) is 0 Å². The Morgan fingerprint density at radius 2 is 1.89 bits per heavy atom. The van der Waals surface area contributed by atoms with E-state index in [-0.39, 0.29) is 11.8 Å². The molecule has 0 aromatic heterocycles. The number of ketones is 1. The van der Waals surface area contributed by atoms with Crippen LogP contribution in [0.2, 0.25) is 0 Å². The number of alkyl halides is 3. The van der Waals surface area contributed by atoms with Crippen molar-refractivity contribution in [3.63, 3.8) is 0 Å². The quantitative estimate of drug-likeness (QED) is 0.882. The Hall–Kier alpha value is -1.36. The number of carbonyl (C=O) groups excluding carboxylic acids is 1. The maximum Gasteiger partial charge on any atom is 0.416 e. The first kappa shape index (κ1) is 13.1. The molecule has 1 aromatic carbocycles. The molecular weight excluding hydrogens is 243 g/mol. The topological polar surface area (TPSA) is 29.1 Å². The molecule has 1 fully saturated rings. The third kappa shape index (κ3) is 3.32. The SMILES string of the molecule is O=C1CCNC(Cc2ccc(C(F)(F)F)cc2)C1. The van der Waals surface area contributed by atoms with Gasteiger partial charge >= 0.3 is 6.18 Å². The molecule has 1 aliphatic rings. The molecule has 98 valence electrons. The standard InChI is InChI=1S/C13H14F3NO/c14-13(15,16)10-3-1-9(2-4-10)7-11-8-12(18)5-6-17-11/h1-4,11,17H,5-8H2. The van der Waals surface area contributed by atoms with E-state index in [1.165, 1.54) is 12.1 Å². The molecule has 0 aliphatic carbocycles. The zero-order valence-electron chi connectivity index (χ0n) is 9.76. The number of carbonyl (C=O) groups is 1. The van der Waals surface area contributed by atoms with Crippen LogP contribution in [0.5, 0.6) is 0 Å². The highest BCUT2D eigenvalue weighted by atomic mass is 19.4. The van der Waals surface area contributed by atoms with Gasteiger partial charge in [-0.2, -0.15) is 13.2 Å². The van der Waals surface area contributed by atoms with Crippen molar-refractivity contribution in [2.24, 2.45) is 0 Å². The number of hydrogen-bond acceptors (Lipinski definition) is 2. The first-order valence-corrected chi connectivity index (χ1v) is 5.86. The minimum Gasteiger partial charge on any atom is -0.313 e. The molecule has 1 N–H and O–H groups in total. The van der Waals surface area contributed by atoms with Gasteiger partial charge in [0, 0.05) is 25.4 Å². The summed E-state index contributed by atoms with van der Waals surface area (Å²) < 4.78 is 37.1. The number of rotatable bonds is 2. The predicted octanol–water partition coefficient (Wildman–Crippen LogP) is 2.57. The van der Waals surface area contributed by atoms with E-state index in [0.717, 1.165) is 17.7 Å². The van der Waals surface area contributed by atoms with Crippen LogP contribution in [0.1, 0.15) is 24.0 Å². The fourth-order valence-corrected chi connectivity index (χ4v) is 2.12. The molecule has 1 heterocycles. The summed E-state index contributed by atoms with van der Waals surface area (Å²) in [6, 6.07) is 5.16. The van der Waals surface area contributed by atoms with E-state index < -0.39 is 11.7 Å². The van der Waals surface area contributed by atoms with Crippen LogP contribution < -0.4 is 5.32 Å². The molecule has 0 bridgehead atoms. The van der Waals surface area contributed by atoms with Gasteiger partial charge < -0.3 is 5.32 Å². The number of piperidine rings is 1. The average Bonchev–Trinajstić information content (AvgIpc) is 2.28. The molecule has 0 amide bonds. The Bertz CT molecular complexity index is 425. The maximum absolute atomic E-state index is 12.4. The fourth-order valence-electron chi connectivity index (χ4n) is 2.12. The van der Waals surface area contributed by atoms with Crippen LogP contribution in [0.3, 0.4) is 0 Å². The highest BCUT2D eigenvalue weighted by molar-refractivity contribution is 5.80. The normalized spacial score (nSPS) is 21.1. The van der Waals surface area contributed by atoms with Crippen molar-refractivity contribution < 1.29 is 18.0 Å².